The number of fused-ring (bicyclic) bond motifs is 1. The minimum Gasteiger partial charge on any atom is -0.379 e. The number of hydrogen-bond donors (Lipinski definition) is 1. The molecular weight excluding hydrogens is 441 g/mol. The number of hydrogen-bond acceptors (Lipinski definition) is 5. The number of hydrazine groups is 1. The van der Waals surface area contributed by atoms with Crippen LogP contribution in [0.25, 0.3) is 10.8 Å². The Morgan fingerprint density at radius 2 is 2.00 bits per heavy atom. The SMILES string of the molecule is C/C(=C/C(I)OCCN1CCOCC1)N(N)c1ccc2ccccc2c1. The van der Waals surface area contributed by atoms with Gasteiger partial charge in [0.1, 0.15) is 4.11 Å². The van der Waals surface area contributed by atoms with Gasteiger partial charge in [0, 0.05) is 25.3 Å². The molecule has 2 aromatic rings. The maximum absolute atomic E-state index is 6.31. The van der Waals surface area contributed by atoms with E-state index in [0.29, 0.717) is 6.61 Å². The smallest absolute Gasteiger partial charge is 0.128 e. The first-order valence-electron chi connectivity index (χ1n) is 8.91. The molecule has 1 heterocycles. The lowest BCUT2D eigenvalue weighted by Crippen LogP contribution is -2.38. The average Bonchev–Trinajstić information content (AvgIpc) is 2.67. The van der Waals surface area contributed by atoms with Gasteiger partial charge in [0.25, 0.3) is 0 Å². The highest BCUT2D eigenvalue weighted by Gasteiger charge is 2.11. The van der Waals surface area contributed by atoms with Gasteiger partial charge in [0.05, 0.1) is 25.5 Å². The minimum atomic E-state index is -0.0138. The molecule has 0 aromatic heterocycles. The maximum Gasteiger partial charge on any atom is 0.128 e. The quantitative estimate of drug-likeness (QED) is 0.292. The van der Waals surface area contributed by atoms with Gasteiger partial charge in [-0.3, -0.25) is 9.91 Å². The van der Waals surface area contributed by atoms with E-state index in [0.717, 1.165) is 44.2 Å². The first kappa shape index (κ1) is 19.6. The number of alkyl halides is 1. The van der Waals surface area contributed by atoms with Crippen molar-refractivity contribution in [1.82, 2.24) is 4.90 Å². The van der Waals surface area contributed by atoms with Crippen molar-refractivity contribution < 1.29 is 9.47 Å². The molecule has 0 spiro atoms. The molecule has 1 fully saturated rings. The van der Waals surface area contributed by atoms with Crippen molar-refractivity contribution >= 4 is 39.1 Å². The second-order valence-corrected chi connectivity index (χ2v) is 7.61. The zero-order chi connectivity index (χ0) is 18.4. The van der Waals surface area contributed by atoms with E-state index in [9.17, 15) is 0 Å². The molecule has 2 N–H and O–H groups in total. The summed E-state index contributed by atoms with van der Waals surface area (Å²) in [5.41, 5.74) is 1.93. The second kappa shape index (κ2) is 9.66. The van der Waals surface area contributed by atoms with Crippen LogP contribution in [0.3, 0.4) is 0 Å². The molecule has 0 saturated carbocycles. The summed E-state index contributed by atoms with van der Waals surface area (Å²) < 4.78 is 11.3. The van der Waals surface area contributed by atoms with E-state index in [1.54, 1.807) is 5.01 Å². The Bertz CT molecular complexity index is 747. The summed E-state index contributed by atoms with van der Waals surface area (Å²) in [7, 11) is 0. The number of rotatable bonds is 7. The van der Waals surface area contributed by atoms with Gasteiger partial charge in [-0.2, -0.15) is 0 Å². The van der Waals surface area contributed by atoms with Crippen molar-refractivity contribution in [1.29, 1.82) is 0 Å². The predicted molar refractivity (Wildman–Crippen MR) is 115 cm³/mol. The Labute approximate surface area is 168 Å². The van der Waals surface area contributed by atoms with Crippen LogP contribution in [0.4, 0.5) is 5.69 Å². The van der Waals surface area contributed by atoms with E-state index in [4.69, 9.17) is 15.3 Å². The number of benzene rings is 2. The van der Waals surface area contributed by atoms with E-state index in [-0.39, 0.29) is 4.11 Å². The molecular formula is C20H26IN3O2. The molecule has 140 valence electrons. The Kier molecular flexibility index (Phi) is 7.27. The highest BCUT2D eigenvalue weighted by molar-refractivity contribution is 14.1. The number of halogens is 1. The summed E-state index contributed by atoms with van der Waals surface area (Å²) in [6, 6.07) is 14.5. The Morgan fingerprint density at radius 1 is 1.27 bits per heavy atom. The monoisotopic (exact) mass is 467 g/mol. The lowest BCUT2D eigenvalue weighted by atomic mass is 10.1. The topological polar surface area (TPSA) is 51.0 Å². The van der Waals surface area contributed by atoms with E-state index in [1.165, 1.54) is 10.8 Å². The van der Waals surface area contributed by atoms with Crippen LogP contribution in [0.5, 0.6) is 0 Å². The molecule has 1 atom stereocenters. The highest BCUT2D eigenvalue weighted by atomic mass is 127. The molecule has 1 aliphatic rings. The number of morpholine rings is 1. The molecule has 6 heteroatoms. The summed E-state index contributed by atoms with van der Waals surface area (Å²) >= 11 is 2.29. The fourth-order valence-corrected chi connectivity index (χ4v) is 3.74. The van der Waals surface area contributed by atoms with Gasteiger partial charge in [-0.1, -0.05) is 30.3 Å². The summed E-state index contributed by atoms with van der Waals surface area (Å²) in [6.07, 6.45) is 2.05. The highest BCUT2D eigenvalue weighted by Crippen LogP contribution is 2.23. The van der Waals surface area contributed by atoms with Gasteiger partial charge in [-0.15, -0.1) is 0 Å². The molecule has 0 amide bonds. The van der Waals surface area contributed by atoms with Gasteiger partial charge in [-0.25, -0.2) is 5.84 Å². The third-order valence-electron chi connectivity index (χ3n) is 4.55. The summed E-state index contributed by atoms with van der Waals surface area (Å²) in [4.78, 5) is 2.37. The number of anilines is 1. The van der Waals surface area contributed by atoms with Crippen LogP contribution in [-0.4, -0.2) is 48.5 Å². The van der Waals surface area contributed by atoms with E-state index >= 15 is 0 Å². The van der Waals surface area contributed by atoms with Gasteiger partial charge in [0.15, 0.2) is 0 Å². The first-order valence-corrected chi connectivity index (χ1v) is 10.2. The maximum atomic E-state index is 6.31. The lowest BCUT2D eigenvalue weighted by Gasteiger charge is -2.26. The van der Waals surface area contributed by atoms with Crippen LogP contribution in [0.15, 0.2) is 54.2 Å². The van der Waals surface area contributed by atoms with Gasteiger partial charge in [-0.05, 0) is 58.5 Å². The van der Waals surface area contributed by atoms with Crippen LogP contribution in [0.2, 0.25) is 0 Å². The van der Waals surface area contributed by atoms with Crippen molar-refractivity contribution in [2.75, 3.05) is 44.5 Å². The molecule has 26 heavy (non-hydrogen) atoms. The Balaban J connectivity index is 1.54. The molecule has 2 aromatic carbocycles. The number of nitrogens with zero attached hydrogens (tertiary/aromatic N) is 2. The normalized spacial score (nSPS) is 17.4. The number of ether oxygens (including phenoxy) is 2. The average molecular weight is 467 g/mol. The van der Waals surface area contributed by atoms with E-state index in [2.05, 4.69) is 57.8 Å². The minimum absolute atomic E-state index is 0.0138. The van der Waals surface area contributed by atoms with E-state index in [1.807, 2.05) is 25.1 Å². The molecule has 0 radical (unpaired) electrons. The van der Waals surface area contributed by atoms with Crippen LogP contribution in [-0.2, 0) is 9.47 Å². The predicted octanol–water partition coefficient (Wildman–Crippen LogP) is 3.53. The van der Waals surface area contributed by atoms with Crippen molar-refractivity contribution in [3.8, 4) is 0 Å². The lowest BCUT2D eigenvalue weighted by molar-refractivity contribution is 0.0220. The fraction of sp³-hybridized carbons (Fsp3) is 0.400. The molecule has 5 nitrogen and oxygen atoms in total. The van der Waals surface area contributed by atoms with Crippen molar-refractivity contribution in [2.24, 2.45) is 5.84 Å². The van der Waals surface area contributed by atoms with Crippen molar-refractivity contribution in [2.45, 2.75) is 11.0 Å². The van der Waals surface area contributed by atoms with Crippen LogP contribution in [0.1, 0.15) is 6.92 Å². The summed E-state index contributed by atoms with van der Waals surface area (Å²) in [5.74, 6) is 6.31. The standard InChI is InChI=1S/C20H26IN3O2/c1-16(14-20(21)26-13-10-23-8-11-25-12-9-23)24(22)19-7-6-17-4-2-3-5-18(17)15-19/h2-7,14-15,20H,8-13,22H2,1H3/b16-14-. The first-order chi connectivity index (χ1) is 12.6. The fourth-order valence-electron chi connectivity index (χ4n) is 2.97. The van der Waals surface area contributed by atoms with Gasteiger partial charge >= 0.3 is 0 Å². The molecule has 1 aliphatic heterocycles. The van der Waals surface area contributed by atoms with E-state index < -0.39 is 0 Å². The number of nitrogens with two attached hydrogens (primary N) is 1. The molecule has 0 bridgehead atoms. The Morgan fingerprint density at radius 3 is 2.77 bits per heavy atom. The largest absolute Gasteiger partial charge is 0.379 e. The molecule has 3 rings (SSSR count). The zero-order valence-electron chi connectivity index (χ0n) is 15.1. The van der Waals surface area contributed by atoms with Crippen LogP contribution < -0.4 is 10.9 Å². The molecule has 1 saturated heterocycles. The van der Waals surface area contributed by atoms with Crippen molar-refractivity contribution in [3.05, 3.63) is 54.2 Å². The summed E-state index contributed by atoms with van der Waals surface area (Å²) in [6.45, 7) is 7.27. The van der Waals surface area contributed by atoms with Gasteiger partial charge in [0.2, 0.25) is 0 Å². The van der Waals surface area contributed by atoms with Crippen LogP contribution >= 0.6 is 22.6 Å². The third kappa shape index (κ3) is 5.40. The molecule has 0 aliphatic carbocycles. The third-order valence-corrected chi connectivity index (χ3v) is 5.27. The number of allylic oxidation sites excluding steroid dienone is 1. The molecule has 1 unspecified atom stereocenters. The zero-order valence-corrected chi connectivity index (χ0v) is 17.3. The Hall–Kier alpha value is -1.19. The van der Waals surface area contributed by atoms with Crippen molar-refractivity contribution in [3.63, 3.8) is 0 Å². The summed E-state index contributed by atoms with van der Waals surface area (Å²) in [5, 5.41) is 4.11. The second-order valence-electron chi connectivity index (χ2n) is 6.39. The van der Waals surface area contributed by atoms with Gasteiger partial charge < -0.3 is 9.47 Å². The van der Waals surface area contributed by atoms with Crippen LogP contribution in [0, 0.1) is 0 Å².